The van der Waals surface area contributed by atoms with Crippen molar-refractivity contribution < 1.29 is 9.53 Å². The minimum Gasteiger partial charge on any atom is -0.497 e. The molecule has 1 N–H and O–H groups in total. The highest BCUT2D eigenvalue weighted by Gasteiger charge is 2.47. The topological polar surface area (TPSA) is 54.5 Å². The number of amides is 1. The third kappa shape index (κ3) is 3.91. The fourth-order valence-electron chi connectivity index (χ4n) is 4.20. The minimum absolute atomic E-state index is 0. The van der Waals surface area contributed by atoms with Crippen molar-refractivity contribution in [2.24, 2.45) is 11.8 Å². The first-order valence-electron chi connectivity index (χ1n) is 8.75. The number of aryl methyl sites for hydroxylation is 1. The molecule has 0 spiro atoms. The number of likely N-dealkylation sites (tertiary alicyclic amines) is 1. The van der Waals surface area contributed by atoms with Crippen LogP contribution in [0.1, 0.15) is 27.5 Å². The molecule has 3 heterocycles. The lowest BCUT2D eigenvalue weighted by Gasteiger charge is -2.29. The average molecular weight is 410 g/mol. The van der Waals surface area contributed by atoms with Gasteiger partial charge in [0.2, 0.25) is 0 Å². The summed E-state index contributed by atoms with van der Waals surface area (Å²) in [6, 6.07) is 10.1. The van der Waals surface area contributed by atoms with E-state index in [1.54, 1.807) is 19.5 Å². The Morgan fingerprint density at radius 2 is 1.93 bits per heavy atom. The van der Waals surface area contributed by atoms with E-state index < -0.39 is 0 Å². The summed E-state index contributed by atoms with van der Waals surface area (Å²) >= 11 is 0. The summed E-state index contributed by atoms with van der Waals surface area (Å²) in [5.41, 5.74) is 2.85. The number of pyridine rings is 1. The van der Waals surface area contributed by atoms with Crippen LogP contribution in [-0.2, 0) is 0 Å². The van der Waals surface area contributed by atoms with Gasteiger partial charge in [0.1, 0.15) is 5.75 Å². The standard InChI is InChI=1S/C20H23N3O2.2ClH/c1-13-7-8-21-10-17(13)20(24)23-12-15-9-22-11-18(15)19(23)14-3-5-16(25-2)6-4-14;;/h3-8,10,15,18-19,22H,9,11-12H2,1-2H3;2*1H/t15-,18-,19-;;/m0../s1. The molecule has 5 nitrogen and oxygen atoms in total. The molecular weight excluding hydrogens is 385 g/mol. The molecule has 7 heteroatoms. The van der Waals surface area contributed by atoms with E-state index in [0.717, 1.165) is 30.9 Å². The van der Waals surface area contributed by atoms with Crippen LogP contribution in [0.2, 0.25) is 0 Å². The lowest BCUT2D eigenvalue weighted by molar-refractivity contribution is 0.0713. The molecule has 0 saturated carbocycles. The highest BCUT2D eigenvalue weighted by Crippen LogP contribution is 2.43. The van der Waals surface area contributed by atoms with Crippen molar-refractivity contribution in [2.45, 2.75) is 13.0 Å². The molecule has 2 saturated heterocycles. The molecule has 27 heavy (non-hydrogen) atoms. The third-order valence-electron chi connectivity index (χ3n) is 5.55. The van der Waals surface area contributed by atoms with Gasteiger partial charge in [-0.1, -0.05) is 12.1 Å². The number of carbonyl (C=O) groups excluding carboxylic acids is 1. The second-order valence-corrected chi connectivity index (χ2v) is 6.95. The van der Waals surface area contributed by atoms with E-state index in [0.29, 0.717) is 17.4 Å². The molecule has 146 valence electrons. The maximum Gasteiger partial charge on any atom is 0.256 e. The molecule has 2 fully saturated rings. The van der Waals surface area contributed by atoms with Gasteiger partial charge in [-0.05, 0) is 42.2 Å². The van der Waals surface area contributed by atoms with Gasteiger partial charge in [0.15, 0.2) is 0 Å². The zero-order valence-electron chi connectivity index (χ0n) is 15.4. The van der Waals surface area contributed by atoms with E-state index in [1.807, 2.05) is 30.0 Å². The van der Waals surface area contributed by atoms with E-state index in [4.69, 9.17) is 4.74 Å². The SMILES string of the molecule is COc1ccc([C@H]2[C@H]3CNC[C@H]3CN2C(=O)c2cnccc2C)cc1.Cl.Cl. The first kappa shape index (κ1) is 21.5. The van der Waals surface area contributed by atoms with Gasteiger partial charge in [0, 0.05) is 37.9 Å². The Morgan fingerprint density at radius 3 is 2.59 bits per heavy atom. The molecule has 1 amide bonds. The van der Waals surface area contributed by atoms with Gasteiger partial charge < -0.3 is 15.0 Å². The Hall–Kier alpha value is -1.82. The number of halogens is 2. The first-order chi connectivity index (χ1) is 12.2. The minimum atomic E-state index is 0. The Morgan fingerprint density at radius 1 is 1.19 bits per heavy atom. The van der Waals surface area contributed by atoms with Gasteiger partial charge >= 0.3 is 0 Å². The van der Waals surface area contributed by atoms with Crippen LogP contribution < -0.4 is 10.1 Å². The van der Waals surface area contributed by atoms with Gasteiger partial charge in [0.25, 0.3) is 5.91 Å². The average Bonchev–Trinajstić information content (AvgIpc) is 3.22. The molecule has 0 bridgehead atoms. The summed E-state index contributed by atoms with van der Waals surface area (Å²) in [5.74, 6) is 1.88. The Balaban J connectivity index is 0.00000131. The number of hydrogen-bond acceptors (Lipinski definition) is 4. The summed E-state index contributed by atoms with van der Waals surface area (Å²) in [5, 5.41) is 3.48. The first-order valence-corrected chi connectivity index (χ1v) is 8.75. The predicted octanol–water partition coefficient (Wildman–Crippen LogP) is 3.27. The second kappa shape index (κ2) is 8.91. The maximum atomic E-state index is 13.2. The van der Waals surface area contributed by atoms with Crippen molar-refractivity contribution in [1.29, 1.82) is 0 Å². The van der Waals surface area contributed by atoms with Gasteiger partial charge in [-0.15, -0.1) is 24.8 Å². The van der Waals surface area contributed by atoms with Crippen LogP contribution in [0.25, 0.3) is 0 Å². The fraction of sp³-hybridized carbons (Fsp3) is 0.400. The second-order valence-electron chi connectivity index (χ2n) is 6.95. The number of benzene rings is 1. The predicted molar refractivity (Wildman–Crippen MR) is 110 cm³/mol. The molecular formula is C20H25Cl2N3O2. The van der Waals surface area contributed by atoms with Crippen molar-refractivity contribution in [1.82, 2.24) is 15.2 Å². The third-order valence-corrected chi connectivity index (χ3v) is 5.55. The smallest absolute Gasteiger partial charge is 0.256 e. The lowest BCUT2D eigenvalue weighted by Crippen LogP contribution is -2.35. The summed E-state index contributed by atoms with van der Waals surface area (Å²) in [6.45, 7) is 4.70. The van der Waals surface area contributed by atoms with Crippen molar-refractivity contribution in [3.63, 3.8) is 0 Å². The highest BCUT2D eigenvalue weighted by molar-refractivity contribution is 5.95. The number of aromatic nitrogens is 1. The molecule has 0 aliphatic carbocycles. The molecule has 0 radical (unpaired) electrons. The molecule has 0 unspecified atom stereocenters. The van der Waals surface area contributed by atoms with Crippen LogP contribution >= 0.6 is 24.8 Å². The van der Waals surface area contributed by atoms with Crippen molar-refractivity contribution in [3.05, 3.63) is 59.4 Å². The van der Waals surface area contributed by atoms with Crippen LogP contribution in [0.5, 0.6) is 5.75 Å². The molecule has 2 aliphatic rings. The molecule has 2 aromatic rings. The Bertz CT molecular complexity index is 785. The normalized spacial score (nSPS) is 23.2. The molecule has 1 aromatic heterocycles. The quantitative estimate of drug-likeness (QED) is 0.844. The number of rotatable bonds is 3. The van der Waals surface area contributed by atoms with Crippen LogP contribution in [0.15, 0.2) is 42.7 Å². The van der Waals surface area contributed by atoms with Crippen molar-refractivity contribution in [2.75, 3.05) is 26.7 Å². The summed E-state index contributed by atoms with van der Waals surface area (Å²) < 4.78 is 5.28. The monoisotopic (exact) mass is 409 g/mol. The number of ether oxygens (including phenoxy) is 1. The summed E-state index contributed by atoms with van der Waals surface area (Å²) in [6.07, 6.45) is 3.42. The van der Waals surface area contributed by atoms with Gasteiger partial charge in [-0.25, -0.2) is 0 Å². The van der Waals surface area contributed by atoms with E-state index in [1.165, 1.54) is 5.56 Å². The zero-order valence-corrected chi connectivity index (χ0v) is 17.1. The maximum absolute atomic E-state index is 13.2. The van der Waals surface area contributed by atoms with Crippen LogP contribution in [0.4, 0.5) is 0 Å². The van der Waals surface area contributed by atoms with Crippen LogP contribution in [-0.4, -0.2) is 42.5 Å². The lowest BCUT2D eigenvalue weighted by atomic mass is 9.89. The van der Waals surface area contributed by atoms with Crippen molar-refractivity contribution >= 4 is 30.7 Å². The van der Waals surface area contributed by atoms with Gasteiger partial charge in [-0.2, -0.15) is 0 Å². The molecule has 3 atom stereocenters. The number of hydrogen-bond donors (Lipinski definition) is 1. The van der Waals surface area contributed by atoms with E-state index in [9.17, 15) is 4.79 Å². The number of nitrogens with zero attached hydrogens (tertiary/aromatic N) is 2. The van der Waals surface area contributed by atoms with Gasteiger partial charge in [-0.3, -0.25) is 9.78 Å². The largest absolute Gasteiger partial charge is 0.497 e. The summed E-state index contributed by atoms with van der Waals surface area (Å²) in [4.78, 5) is 19.4. The highest BCUT2D eigenvalue weighted by atomic mass is 35.5. The molecule has 2 aliphatic heterocycles. The number of nitrogens with one attached hydrogen (secondary N) is 1. The fourth-order valence-corrected chi connectivity index (χ4v) is 4.20. The van der Waals surface area contributed by atoms with Gasteiger partial charge in [0.05, 0.1) is 18.7 Å². The number of fused-ring (bicyclic) bond motifs is 1. The van der Waals surface area contributed by atoms with E-state index in [2.05, 4.69) is 22.4 Å². The van der Waals surface area contributed by atoms with E-state index in [-0.39, 0.29) is 36.8 Å². The Kier molecular flexibility index (Phi) is 7.09. The molecule has 4 rings (SSSR count). The number of carbonyl (C=O) groups is 1. The number of methoxy groups -OCH3 is 1. The van der Waals surface area contributed by atoms with Crippen LogP contribution in [0, 0.1) is 18.8 Å². The van der Waals surface area contributed by atoms with Crippen molar-refractivity contribution in [3.8, 4) is 5.75 Å². The van der Waals surface area contributed by atoms with E-state index >= 15 is 0 Å². The van der Waals surface area contributed by atoms with Crippen LogP contribution in [0.3, 0.4) is 0 Å². The molecule has 1 aromatic carbocycles. The zero-order chi connectivity index (χ0) is 17.4. The Labute approximate surface area is 172 Å². The summed E-state index contributed by atoms with van der Waals surface area (Å²) in [7, 11) is 1.67.